The van der Waals surface area contributed by atoms with Crippen molar-refractivity contribution in [3.05, 3.63) is 96.6 Å². The van der Waals surface area contributed by atoms with Crippen LogP contribution in [0.2, 0.25) is 0 Å². The Balaban J connectivity index is 1.91. The summed E-state index contributed by atoms with van der Waals surface area (Å²) in [7, 11) is -4.10. The van der Waals surface area contributed by atoms with E-state index in [4.69, 9.17) is 4.74 Å². The second kappa shape index (κ2) is 12.0. The van der Waals surface area contributed by atoms with Gasteiger partial charge in [-0.2, -0.15) is 0 Å². The minimum Gasteiger partial charge on any atom is -0.494 e. The zero-order valence-corrected chi connectivity index (χ0v) is 21.0. The van der Waals surface area contributed by atoms with Crippen molar-refractivity contribution in [2.45, 2.75) is 18.7 Å². The van der Waals surface area contributed by atoms with E-state index in [0.717, 1.165) is 9.87 Å². The summed E-state index contributed by atoms with van der Waals surface area (Å²) in [5.41, 5.74) is 1.80. The largest absolute Gasteiger partial charge is 0.494 e. The standard InChI is InChI=1S/C27H29N3O5S/c1-4-18-28-27(32)24-8-6-7-9-25(24)29-26(31)19-30(21-12-10-20(3)11-13-21)36(33,34)23-16-14-22(15-17-23)35-5-2/h4,6-17H,1,5,18-19H2,2-3H3,(H,28,32)(H,29,31). The van der Waals surface area contributed by atoms with Crippen LogP contribution in [0.3, 0.4) is 0 Å². The summed E-state index contributed by atoms with van der Waals surface area (Å²) in [4.78, 5) is 25.6. The molecular formula is C27H29N3O5S. The Morgan fingerprint density at radius 3 is 2.31 bits per heavy atom. The maximum absolute atomic E-state index is 13.6. The topological polar surface area (TPSA) is 105 Å². The lowest BCUT2D eigenvalue weighted by Gasteiger charge is -2.24. The van der Waals surface area contributed by atoms with Crippen LogP contribution in [0, 0.1) is 6.92 Å². The van der Waals surface area contributed by atoms with Crippen molar-refractivity contribution in [3.63, 3.8) is 0 Å². The number of nitrogens with zero attached hydrogens (tertiary/aromatic N) is 1. The highest BCUT2D eigenvalue weighted by Gasteiger charge is 2.28. The second-order valence-electron chi connectivity index (χ2n) is 7.84. The Morgan fingerprint density at radius 2 is 1.67 bits per heavy atom. The van der Waals surface area contributed by atoms with Crippen LogP contribution in [0.25, 0.3) is 0 Å². The number of carbonyl (C=O) groups excluding carboxylic acids is 2. The predicted molar refractivity (Wildman–Crippen MR) is 141 cm³/mol. The van der Waals surface area contributed by atoms with Gasteiger partial charge in [-0.25, -0.2) is 8.42 Å². The van der Waals surface area contributed by atoms with E-state index in [2.05, 4.69) is 17.2 Å². The monoisotopic (exact) mass is 507 g/mol. The normalized spacial score (nSPS) is 10.8. The third-order valence-electron chi connectivity index (χ3n) is 5.18. The fourth-order valence-electron chi connectivity index (χ4n) is 3.40. The number of para-hydroxylation sites is 1. The minimum absolute atomic E-state index is 0.0172. The lowest BCUT2D eigenvalue weighted by Crippen LogP contribution is -2.38. The van der Waals surface area contributed by atoms with Crippen LogP contribution in [-0.4, -0.2) is 39.9 Å². The van der Waals surface area contributed by atoms with Gasteiger partial charge in [-0.1, -0.05) is 35.9 Å². The highest BCUT2D eigenvalue weighted by Crippen LogP contribution is 2.26. The van der Waals surface area contributed by atoms with Gasteiger partial charge in [-0.3, -0.25) is 13.9 Å². The summed E-state index contributed by atoms with van der Waals surface area (Å²) >= 11 is 0. The lowest BCUT2D eigenvalue weighted by molar-refractivity contribution is -0.114. The predicted octanol–water partition coefficient (Wildman–Crippen LogP) is 4.14. The smallest absolute Gasteiger partial charge is 0.264 e. The molecule has 188 valence electrons. The van der Waals surface area contributed by atoms with Gasteiger partial charge in [0, 0.05) is 6.54 Å². The Morgan fingerprint density at radius 1 is 1.00 bits per heavy atom. The average molecular weight is 508 g/mol. The molecule has 0 aliphatic carbocycles. The van der Waals surface area contributed by atoms with Crippen LogP contribution in [0.4, 0.5) is 11.4 Å². The molecule has 8 nitrogen and oxygen atoms in total. The van der Waals surface area contributed by atoms with Crippen LogP contribution >= 0.6 is 0 Å². The first-order chi connectivity index (χ1) is 17.3. The molecule has 0 radical (unpaired) electrons. The first-order valence-corrected chi connectivity index (χ1v) is 12.8. The zero-order chi connectivity index (χ0) is 26.1. The van der Waals surface area contributed by atoms with Gasteiger partial charge >= 0.3 is 0 Å². The zero-order valence-electron chi connectivity index (χ0n) is 20.2. The lowest BCUT2D eigenvalue weighted by atomic mass is 10.1. The number of sulfonamides is 1. The SMILES string of the molecule is C=CCNC(=O)c1ccccc1NC(=O)CN(c1ccc(C)cc1)S(=O)(=O)c1ccc(OCC)cc1. The summed E-state index contributed by atoms with van der Waals surface area (Å²) in [6.45, 7) is 7.51. The third-order valence-corrected chi connectivity index (χ3v) is 6.97. The second-order valence-corrected chi connectivity index (χ2v) is 9.71. The molecule has 0 bridgehead atoms. The van der Waals surface area contributed by atoms with Crippen molar-refractivity contribution >= 4 is 33.2 Å². The third kappa shape index (κ3) is 6.51. The molecule has 0 atom stereocenters. The molecule has 3 aromatic rings. The molecule has 0 aliphatic heterocycles. The number of aryl methyl sites for hydroxylation is 1. The van der Waals surface area contributed by atoms with Gasteiger partial charge in [0.15, 0.2) is 0 Å². The van der Waals surface area contributed by atoms with Crippen molar-refractivity contribution in [1.29, 1.82) is 0 Å². The van der Waals surface area contributed by atoms with E-state index in [1.807, 2.05) is 13.8 Å². The van der Waals surface area contributed by atoms with Gasteiger partial charge in [0.25, 0.3) is 15.9 Å². The molecule has 0 saturated carbocycles. The van der Waals surface area contributed by atoms with E-state index in [-0.39, 0.29) is 28.6 Å². The summed E-state index contributed by atoms with van der Waals surface area (Å²) in [6, 6.07) is 19.4. The Labute approximate surface area is 211 Å². The van der Waals surface area contributed by atoms with Crippen LogP contribution in [0.1, 0.15) is 22.8 Å². The average Bonchev–Trinajstić information content (AvgIpc) is 2.87. The Hall–Kier alpha value is -4.11. The number of carbonyl (C=O) groups is 2. The molecule has 0 saturated heterocycles. The van der Waals surface area contributed by atoms with Gasteiger partial charge in [0.1, 0.15) is 12.3 Å². The van der Waals surface area contributed by atoms with E-state index in [0.29, 0.717) is 18.0 Å². The van der Waals surface area contributed by atoms with Crippen molar-refractivity contribution in [1.82, 2.24) is 5.32 Å². The number of rotatable bonds is 11. The van der Waals surface area contributed by atoms with Crippen molar-refractivity contribution in [2.24, 2.45) is 0 Å². The minimum atomic E-state index is -4.10. The molecule has 3 rings (SSSR count). The van der Waals surface area contributed by atoms with Gasteiger partial charge in [0.2, 0.25) is 5.91 Å². The molecule has 2 amide bonds. The molecule has 9 heteroatoms. The van der Waals surface area contributed by atoms with E-state index in [1.54, 1.807) is 66.7 Å². The summed E-state index contributed by atoms with van der Waals surface area (Å²) in [5, 5.41) is 5.35. The fourth-order valence-corrected chi connectivity index (χ4v) is 4.82. The van der Waals surface area contributed by atoms with E-state index in [9.17, 15) is 18.0 Å². The van der Waals surface area contributed by atoms with Crippen LogP contribution < -0.4 is 19.7 Å². The first kappa shape index (κ1) is 26.5. The summed E-state index contributed by atoms with van der Waals surface area (Å²) in [5.74, 6) is -0.445. The molecule has 2 N–H and O–H groups in total. The first-order valence-electron chi connectivity index (χ1n) is 11.4. The highest BCUT2D eigenvalue weighted by molar-refractivity contribution is 7.92. The molecule has 3 aromatic carbocycles. The van der Waals surface area contributed by atoms with Gasteiger partial charge in [0.05, 0.1) is 28.4 Å². The number of hydrogen-bond donors (Lipinski definition) is 2. The molecule has 0 heterocycles. The van der Waals surface area contributed by atoms with Gasteiger partial charge in [-0.05, 0) is 62.4 Å². The molecule has 0 aromatic heterocycles. The maximum atomic E-state index is 13.6. The molecular weight excluding hydrogens is 478 g/mol. The van der Waals surface area contributed by atoms with Crippen LogP contribution in [0.15, 0.2) is 90.3 Å². The van der Waals surface area contributed by atoms with E-state index >= 15 is 0 Å². The van der Waals surface area contributed by atoms with Gasteiger partial charge < -0.3 is 15.4 Å². The van der Waals surface area contributed by atoms with E-state index < -0.39 is 22.5 Å². The fraction of sp³-hybridized carbons (Fsp3) is 0.185. The van der Waals surface area contributed by atoms with Crippen LogP contribution in [-0.2, 0) is 14.8 Å². The number of amides is 2. The molecule has 0 unspecified atom stereocenters. The number of benzene rings is 3. The number of nitrogens with one attached hydrogen (secondary N) is 2. The van der Waals surface area contributed by atoms with Crippen molar-refractivity contribution < 1.29 is 22.7 Å². The Kier molecular flexibility index (Phi) is 8.86. The van der Waals surface area contributed by atoms with E-state index in [1.165, 1.54) is 12.1 Å². The number of hydrogen-bond acceptors (Lipinski definition) is 5. The molecule has 36 heavy (non-hydrogen) atoms. The highest BCUT2D eigenvalue weighted by atomic mass is 32.2. The van der Waals surface area contributed by atoms with Gasteiger partial charge in [-0.15, -0.1) is 6.58 Å². The quantitative estimate of drug-likeness (QED) is 0.380. The van der Waals surface area contributed by atoms with Crippen molar-refractivity contribution in [2.75, 3.05) is 29.3 Å². The summed E-state index contributed by atoms with van der Waals surface area (Å²) in [6.07, 6.45) is 1.55. The number of ether oxygens (including phenoxy) is 1. The van der Waals surface area contributed by atoms with Crippen LogP contribution in [0.5, 0.6) is 5.75 Å². The molecule has 0 spiro atoms. The summed E-state index contributed by atoms with van der Waals surface area (Å²) < 4.78 is 33.6. The van der Waals surface area contributed by atoms with Crippen molar-refractivity contribution in [3.8, 4) is 5.75 Å². The maximum Gasteiger partial charge on any atom is 0.264 e. The molecule has 0 fully saturated rings. The molecule has 0 aliphatic rings. The Bertz CT molecular complexity index is 1320. The number of anilines is 2.